The van der Waals surface area contributed by atoms with Gasteiger partial charge in [-0.1, -0.05) is 12.8 Å². The Bertz CT molecular complexity index is 425. The lowest BCUT2D eigenvalue weighted by molar-refractivity contribution is 0.0661. The number of amides is 1. The first kappa shape index (κ1) is 13.5. The standard InChI is InChI=1S/C13H17BrN2O2/c14-10-5-3-7-15-12(10)13(18)16-8-9-4-1-2-6-11(9)17/h3,5,7,9,11,17H,1-2,4,6,8H2,(H,16,18). The molecule has 1 amide bonds. The summed E-state index contributed by atoms with van der Waals surface area (Å²) >= 11 is 3.30. The fraction of sp³-hybridized carbons (Fsp3) is 0.538. The molecule has 0 aromatic carbocycles. The largest absolute Gasteiger partial charge is 0.393 e. The van der Waals surface area contributed by atoms with Crippen molar-refractivity contribution in [2.75, 3.05) is 6.54 Å². The van der Waals surface area contributed by atoms with Crippen LogP contribution in [0.2, 0.25) is 0 Å². The molecule has 2 rings (SSSR count). The zero-order chi connectivity index (χ0) is 13.0. The number of carbonyl (C=O) groups is 1. The summed E-state index contributed by atoms with van der Waals surface area (Å²) in [7, 11) is 0. The second-order valence-corrected chi connectivity index (χ2v) is 5.51. The van der Waals surface area contributed by atoms with Crippen molar-refractivity contribution in [3.05, 3.63) is 28.5 Å². The maximum absolute atomic E-state index is 11.9. The Morgan fingerprint density at radius 2 is 2.28 bits per heavy atom. The van der Waals surface area contributed by atoms with Gasteiger partial charge in [0.1, 0.15) is 5.69 Å². The Balaban J connectivity index is 1.90. The molecule has 2 unspecified atom stereocenters. The van der Waals surface area contributed by atoms with Crippen LogP contribution in [0.1, 0.15) is 36.2 Å². The number of pyridine rings is 1. The zero-order valence-corrected chi connectivity index (χ0v) is 11.7. The minimum atomic E-state index is -0.286. The molecule has 1 aromatic rings. The first-order chi connectivity index (χ1) is 8.68. The van der Waals surface area contributed by atoms with E-state index in [0.29, 0.717) is 16.7 Å². The van der Waals surface area contributed by atoms with E-state index in [1.165, 1.54) is 0 Å². The molecule has 5 heteroatoms. The van der Waals surface area contributed by atoms with Crippen molar-refractivity contribution in [1.29, 1.82) is 0 Å². The summed E-state index contributed by atoms with van der Waals surface area (Å²) in [6, 6.07) is 3.56. The molecule has 1 aliphatic rings. The van der Waals surface area contributed by atoms with Crippen LogP contribution in [0.15, 0.2) is 22.8 Å². The van der Waals surface area contributed by atoms with E-state index in [-0.39, 0.29) is 17.9 Å². The number of hydrogen-bond acceptors (Lipinski definition) is 3. The second kappa shape index (κ2) is 6.29. The second-order valence-electron chi connectivity index (χ2n) is 4.66. The van der Waals surface area contributed by atoms with Crippen LogP contribution in [-0.4, -0.2) is 28.6 Å². The third-order valence-corrected chi connectivity index (χ3v) is 4.01. The monoisotopic (exact) mass is 312 g/mol. The molecule has 1 fully saturated rings. The van der Waals surface area contributed by atoms with Crippen LogP contribution in [-0.2, 0) is 0 Å². The molecule has 1 aromatic heterocycles. The van der Waals surface area contributed by atoms with Crippen LogP contribution in [0.4, 0.5) is 0 Å². The van der Waals surface area contributed by atoms with E-state index in [2.05, 4.69) is 26.2 Å². The predicted molar refractivity (Wildman–Crippen MR) is 72.2 cm³/mol. The Morgan fingerprint density at radius 3 is 3.00 bits per heavy atom. The van der Waals surface area contributed by atoms with Crippen molar-refractivity contribution in [1.82, 2.24) is 10.3 Å². The topological polar surface area (TPSA) is 62.2 Å². The van der Waals surface area contributed by atoms with Gasteiger partial charge in [-0.25, -0.2) is 4.98 Å². The lowest BCUT2D eigenvalue weighted by atomic mass is 9.86. The summed E-state index contributed by atoms with van der Waals surface area (Å²) in [5.74, 6) is -0.0227. The van der Waals surface area contributed by atoms with Crippen molar-refractivity contribution in [3.8, 4) is 0 Å². The quantitative estimate of drug-likeness (QED) is 0.898. The Hall–Kier alpha value is -0.940. The maximum atomic E-state index is 11.9. The highest BCUT2D eigenvalue weighted by molar-refractivity contribution is 9.10. The van der Waals surface area contributed by atoms with Gasteiger partial charge in [-0.3, -0.25) is 4.79 Å². The molecule has 0 bridgehead atoms. The molecular formula is C13H17BrN2O2. The van der Waals surface area contributed by atoms with Gasteiger partial charge < -0.3 is 10.4 Å². The lowest BCUT2D eigenvalue weighted by Crippen LogP contribution is -2.37. The minimum Gasteiger partial charge on any atom is -0.393 e. The van der Waals surface area contributed by atoms with E-state index in [1.807, 2.05) is 0 Å². The van der Waals surface area contributed by atoms with Crippen LogP contribution < -0.4 is 5.32 Å². The zero-order valence-electron chi connectivity index (χ0n) is 10.1. The Labute approximate surface area is 115 Å². The number of rotatable bonds is 3. The molecule has 4 nitrogen and oxygen atoms in total. The van der Waals surface area contributed by atoms with Gasteiger partial charge in [-0.05, 0) is 40.9 Å². The van der Waals surface area contributed by atoms with Crippen molar-refractivity contribution >= 4 is 21.8 Å². The van der Waals surface area contributed by atoms with E-state index in [1.54, 1.807) is 18.3 Å². The molecule has 0 spiro atoms. The summed E-state index contributed by atoms with van der Waals surface area (Å²) in [6.07, 6.45) is 5.34. The van der Waals surface area contributed by atoms with Gasteiger partial charge in [0.15, 0.2) is 0 Å². The van der Waals surface area contributed by atoms with Crippen molar-refractivity contribution < 1.29 is 9.90 Å². The molecule has 2 atom stereocenters. The number of nitrogens with one attached hydrogen (secondary N) is 1. The average Bonchev–Trinajstić information content (AvgIpc) is 2.38. The van der Waals surface area contributed by atoms with E-state index in [4.69, 9.17) is 0 Å². The van der Waals surface area contributed by atoms with Gasteiger partial charge in [0.05, 0.1) is 6.10 Å². The molecule has 18 heavy (non-hydrogen) atoms. The highest BCUT2D eigenvalue weighted by Crippen LogP contribution is 2.23. The van der Waals surface area contributed by atoms with Crippen LogP contribution in [0, 0.1) is 5.92 Å². The van der Waals surface area contributed by atoms with Gasteiger partial charge >= 0.3 is 0 Å². The molecule has 1 saturated carbocycles. The lowest BCUT2D eigenvalue weighted by Gasteiger charge is -2.27. The summed E-state index contributed by atoms with van der Waals surface area (Å²) in [5.41, 5.74) is 0.391. The molecule has 1 aliphatic carbocycles. The van der Waals surface area contributed by atoms with Gasteiger partial charge in [-0.2, -0.15) is 0 Å². The van der Waals surface area contributed by atoms with Gasteiger partial charge in [-0.15, -0.1) is 0 Å². The number of aromatic nitrogens is 1. The van der Waals surface area contributed by atoms with Crippen LogP contribution in [0.5, 0.6) is 0 Å². The predicted octanol–water partition coefficient (Wildman–Crippen LogP) is 2.12. The fourth-order valence-corrected chi connectivity index (χ4v) is 2.72. The molecular weight excluding hydrogens is 296 g/mol. The van der Waals surface area contributed by atoms with Crippen molar-refractivity contribution in [2.45, 2.75) is 31.8 Å². The number of halogens is 1. The number of aliphatic hydroxyl groups excluding tert-OH is 1. The van der Waals surface area contributed by atoms with Crippen molar-refractivity contribution in [2.24, 2.45) is 5.92 Å². The molecule has 2 N–H and O–H groups in total. The number of hydrogen-bond donors (Lipinski definition) is 2. The van der Waals surface area contributed by atoms with E-state index in [0.717, 1.165) is 25.7 Å². The van der Waals surface area contributed by atoms with Crippen molar-refractivity contribution in [3.63, 3.8) is 0 Å². The normalized spacial score (nSPS) is 23.7. The molecule has 98 valence electrons. The maximum Gasteiger partial charge on any atom is 0.271 e. The Morgan fingerprint density at radius 1 is 1.50 bits per heavy atom. The van der Waals surface area contributed by atoms with E-state index in [9.17, 15) is 9.90 Å². The van der Waals surface area contributed by atoms with E-state index >= 15 is 0 Å². The molecule has 1 heterocycles. The smallest absolute Gasteiger partial charge is 0.271 e. The first-order valence-corrected chi connectivity index (χ1v) is 7.04. The highest BCUT2D eigenvalue weighted by atomic mass is 79.9. The van der Waals surface area contributed by atoms with Gasteiger partial charge in [0.2, 0.25) is 0 Å². The van der Waals surface area contributed by atoms with Crippen LogP contribution in [0.25, 0.3) is 0 Å². The van der Waals surface area contributed by atoms with Gasteiger partial charge in [0.25, 0.3) is 5.91 Å². The Kier molecular flexibility index (Phi) is 4.72. The third kappa shape index (κ3) is 3.29. The molecule has 0 saturated heterocycles. The summed E-state index contributed by atoms with van der Waals surface area (Å²) in [6.45, 7) is 0.517. The molecule has 0 aliphatic heterocycles. The number of aliphatic hydroxyl groups is 1. The van der Waals surface area contributed by atoms with Crippen LogP contribution in [0.3, 0.4) is 0 Å². The SMILES string of the molecule is O=C(NCC1CCCCC1O)c1ncccc1Br. The number of nitrogens with zero attached hydrogens (tertiary/aromatic N) is 1. The average molecular weight is 313 g/mol. The van der Waals surface area contributed by atoms with Crippen LogP contribution >= 0.6 is 15.9 Å². The third-order valence-electron chi connectivity index (χ3n) is 3.37. The highest BCUT2D eigenvalue weighted by Gasteiger charge is 2.23. The first-order valence-electron chi connectivity index (χ1n) is 6.25. The summed E-state index contributed by atoms with van der Waals surface area (Å²) in [5, 5.41) is 12.7. The minimum absolute atomic E-state index is 0.171. The molecule has 0 radical (unpaired) electrons. The fourth-order valence-electron chi connectivity index (χ4n) is 2.29. The van der Waals surface area contributed by atoms with Gasteiger partial charge in [0, 0.05) is 23.1 Å². The van der Waals surface area contributed by atoms with E-state index < -0.39 is 0 Å². The number of carbonyl (C=O) groups excluding carboxylic acids is 1. The summed E-state index contributed by atoms with van der Waals surface area (Å²) in [4.78, 5) is 16.0. The summed E-state index contributed by atoms with van der Waals surface area (Å²) < 4.78 is 0.687.